The summed E-state index contributed by atoms with van der Waals surface area (Å²) < 4.78 is 28.7. The molecular weight excluding hydrogens is 442 g/mol. The summed E-state index contributed by atoms with van der Waals surface area (Å²) in [4.78, 5) is 23.8. The molecule has 2 aliphatic carbocycles. The molecule has 1 unspecified atom stereocenters. The minimum Gasteiger partial charge on any atom is -0.772 e. The summed E-state index contributed by atoms with van der Waals surface area (Å²) in [6.45, 7) is 2.73. The summed E-state index contributed by atoms with van der Waals surface area (Å²) >= 11 is -2.15. The van der Waals surface area contributed by atoms with Gasteiger partial charge in [0.15, 0.2) is 5.82 Å². The SMILES string of the molecule is O=C(Nc1ccc(-c2nc(N3CCOCC3)cc(C3(CS(=O)[O-])CCC3)n2)cc1)NC1CC1. The molecule has 0 spiro atoms. The van der Waals surface area contributed by atoms with E-state index < -0.39 is 16.5 Å². The molecule has 9 nitrogen and oxygen atoms in total. The minimum atomic E-state index is -2.15. The van der Waals surface area contributed by atoms with Crippen LogP contribution < -0.4 is 15.5 Å². The number of hydrogen-bond donors (Lipinski definition) is 2. The molecule has 1 aromatic carbocycles. The largest absolute Gasteiger partial charge is 0.772 e. The zero-order chi connectivity index (χ0) is 22.8. The summed E-state index contributed by atoms with van der Waals surface area (Å²) in [6.07, 6.45) is 4.67. The van der Waals surface area contributed by atoms with Gasteiger partial charge in [-0.15, -0.1) is 0 Å². The fraction of sp³-hybridized carbons (Fsp3) is 0.522. The van der Waals surface area contributed by atoms with Crippen LogP contribution in [0.4, 0.5) is 16.3 Å². The maximum atomic E-state index is 12.0. The van der Waals surface area contributed by atoms with Gasteiger partial charge in [0.1, 0.15) is 5.82 Å². The van der Waals surface area contributed by atoms with Crippen LogP contribution in [0.15, 0.2) is 30.3 Å². The molecular formula is C23H28N5O4S-. The summed E-state index contributed by atoms with van der Waals surface area (Å²) in [6, 6.07) is 9.48. The molecule has 3 fully saturated rings. The van der Waals surface area contributed by atoms with Crippen molar-refractivity contribution in [3.05, 3.63) is 36.0 Å². The van der Waals surface area contributed by atoms with E-state index in [1.165, 1.54) is 0 Å². The van der Waals surface area contributed by atoms with Crippen LogP contribution in [0.1, 0.15) is 37.8 Å². The number of rotatable bonds is 7. The molecule has 2 heterocycles. The first kappa shape index (κ1) is 22.2. The van der Waals surface area contributed by atoms with Gasteiger partial charge in [-0.05, 0) is 49.9 Å². The van der Waals surface area contributed by atoms with Crippen LogP contribution in [0.3, 0.4) is 0 Å². The van der Waals surface area contributed by atoms with E-state index in [9.17, 15) is 13.6 Å². The van der Waals surface area contributed by atoms with E-state index in [2.05, 4.69) is 15.5 Å². The average molecular weight is 471 g/mol. The van der Waals surface area contributed by atoms with E-state index in [1.807, 2.05) is 30.3 Å². The van der Waals surface area contributed by atoms with Gasteiger partial charge in [0, 0.05) is 47.6 Å². The molecule has 1 aromatic heterocycles. The second-order valence-corrected chi connectivity index (χ2v) is 9.96. The Kier molecular flexibility index (Phi) is 6.31. The lowest BCUT2D eigenvalue weighted by atomic mass is 9.68. The molecule has 1 aliphatic heterocycles. The van der Waals surface area contributed by atoms with Crippen LogP contribution in [0.5, 0.6) is 0 Å². The first-order valence-electron chi connectivity index (χ1n) is 11.5. The lowest BCUT2D eigenvalue weighted by Crippen LogP contribution is -2.41. The van der Waals surface area contributed by atoms with Gasteiger partial charge < -0.3 is 24.8 Å². The fourth-order valence-corrected chi connectivity index (χ4v) is 5.26. The third-order valence-electron chi connectivity index (χ3n) is 6.61. The maximum Gasteiger partial charge on any atom is 0.319 e. The van der Waals surface area contributed by atoms with Gasteiger partial charge in [-0.3, -0.25) is 4.21 Å². The Hall–Kier alpha value is -2.56. The van der Waals surface area contributed by atoms with E-state index >= 15 is 0 Å². The molecule has 1 atom stereocenters. The molecule has 2 amide bonds. The predicted molar refractivity (Wildman–Crippen MR) is 125 cm³/mol. The van der Waals surface area contributed by atoms with Crippen molar-refractivity contribution in [1.82, 2.24) is 15.3 Å². The van der Waals surface area contributed by atoms with Crippen molar-refractivity contribution in [3.8, 4) is 11.4 Å². The van der Waals surface area contributed by atoms with Gasteiger partial charge in [0.25, 0.3) is 0 Å². The van der Waals surface area contributed by atoms with Crippen molar-refractivity contribution in [1.29, 1.82) is 0 Å². The Balaban J connectivity index is 1.44. The number of nitrogens with zero attached hydrogens (tertiary/aromatic N) is 3. The zero-order valence-electron chi connectivity index (χ0n) is 18.4. The van der Waals surface area contributed by atoms with Crippen molar-refractivity contribution in [2.24, 2.45) is 0 Å². The molecule has 1 saturated heterocycles. The first-order valence-corrected chi connectivity index (χ1v) is 12.7. The molecule has 2 N–H and O–H groups in total. The van der Waals surface area contributed by atoms with E-state index in [0.717, 1.165) is 62.3 Å². The summed E-state index contributed by atoms with van der Waals surface area (Å²) in [5.74, 6) is 1.43. The Labute approximate surface area is 195 Å². The van der Waals surface area contributed by atoms with E-state index in [-0.39, 0.29) is 11.8 Å². The quantitative estimate of drug-likeness (QED) is 0.597. The molecule has 5 rings (SSSR count). The highest BCUT2D eigenvalue weighted by Gasteiger charge is 2.41. The highest BCUT2D eigenvalue weighted by molar-refractivity contribution is 7.79. The van der Waals surface area contributed by atoms with Crippen molar-refractivity contribution < 1.29 is 18.3 Å². The maximum absolute atomic E-state index is 12.0. The topological polar surface area (TPSA) is 120 Å². The van der Waals surface area contributed by atoms with Gasteiger partial charge in [-0.25, -0.2) is 14.8 Å². The number of morpholine rings is 1. The number of anilines is 2. The Morgan fingerprint density at radius 3 is 2.52 bits per heavy atom. The van der Waals surface area contributed by atoms with Crippen molar-refractivity contribution in [2.45, 2.75) is 43.6 Å². The normalized spacial score (nSPS) is 20.6. The van der Waals surface area contributed by atoms with Crippen LogP contribution in [0.25, 0.3) is 11.4 Å². The molecule has 176 valence electrons. The number of ether oxygens (including phenoxy) is 1. The number of carbonyl (C=O) groups is 1. The molecule has 3 aliphatic rings. The van der Waals surface area contributed by atoms with Crippen LogP contribution in [0.2, 0.25) is 0 Å². The smallest absolute Gasteiger partial charge is 0.319 e. The molecule has 2 saturated carbocycles. The molecule has 33 heavy (non-hydrogen) atoms. The standard InChI is InChI=1S/C23H29N5O4S/c29-22(25-18-6-7-18)24-17-4-2-16(3-5-17)21-26-19(23(8-1-9-23)15-33(30)31)14-20(27-21)28-10-12-32-13-11-28/h2-5,14,18H,1,6-13,15H2,(H,30,31)(H2,24,25,29)/p-1. The molecule has 10 heteroatoms. The highest BCUT2D eigenvalue weighted by atomic mass is 32.2. The molecule has 0 radical (unpaired) electrons. The average Bonchev–Trinajstić information content (AvgIpc) is 3.61. The number of nitrogens with one attached hydrogen (secondary N) is 2. The van der Waals surface area contributed by atoms with E-state index in [4.69, 9.17) is 14.7 Å². The molecule has 2 aromatic rings. The summed E-state index contributed by atoms with van der Waals surface area (Å²) in [5, 5.41) is 5.75. The van der Waals surface area contributed by atoms with Gasteiger partial charge >= 0.3 is 6.03 Å². The van der Waals surface area contributed by atoms with Gasteiger partial charge in [0.2, 0.25) is 0 Å². The number of carbonyl (C=O) groups excluding carboxylic acids is 1. The van der Waals surface area contributed by atoms with Crippen LogP contribution in [-0.2, 0) is 21.2 Å². The van der Waals surface area contributed by atoms with Gasteiger partial charge in [0.05, 0.1) is 18.9 Å². The van der Waals surface area contributed by atoms with Crippen molar-refractivity contribution in [2.75, 3.05) is 42.3 Å². The number of aromatic nitrogens is 2. The van der Waals surface area contributed by atoms with E-state index in [0.29, 0.717) is 30.8 Å². The fourth-order valence-electron chi connectivity index (χ4n) is 4.38. The highest BCUT2D eigenvalue weighted by Crippen LogP contribution is 2.44. The first-order chi connectivity index (χ1) is 16.0. The molecule has 0 bridgehead atoms. The monoisotopic (exact) mass is 470 g/mol. The van der Waals surface area contributed by atoms with Crippen molar-refractivity contribution >= 4 is 28.6 Å². The number of amides is 2. The minimum absolute atomic E-state index is 0.0744. The summed E-state index contributed by atoms with van der Waals surface area (Å²) in [5.41, 5.74) is 1.85. The van der Waals surface area contributed by atoms with Gasteiger partial charge in [-0.2, -0.15) is 0 Å². The number of benzene rings is 1. The second-order valence-electron chi connectivity index (χ2n) is 9.07. The number of hydrogen-bond acceptors (Lipinski definition) is 7. The second kappa shape index (κ2) is 9.36. The number of urea groups is 1. The third-order valence-corrected chi connectivity index (χ3v) is 7.40. The zero-order valence-corrected chi connectivity index (χ0v) is 19.2. The Morgan fingerprint density at radius 1 is 1.18 bits per heavy atom. The summed E-state index contributed by atoms with van der Waals surface area (Å²) in [7, 11) is 0. The van der Waals surface area contributed by atoms with Crippen molar-refractivity contribution in [3.63, 3.8) is 0 Å². The lowest BCUT2D eigenvalue weighted by Gasteiger charge is -2.42. The van der Waals surface area contributed by atoms with E-state index in [1.54, 1.807) is 0 Å². The lowest BCUT2D eigenvalue weighted by molar-refractivity contribution is 0.122. The Bertz CT molecular complexity index is 1030. The van der Waals surface area contributed by atoms with Crippen LogP contribution >= 0.6 is 0 Å². The third kappa shape index (κ3) is 5.18. The van der Waals surface area contributed by atoms with Crippen LogP contribution in [0, 0.1) is 0 Å². The van der Waals surface area contributed by atoms with Crippen LogP contribution in [-0.4, -0.2) is 62.9 Å². The van der Waals surface area contributed by atoms with Gasteiger partial charge in [-0.1, -0.05) is 17.5 Å². The predicted octanol–water partition coefficient (Wildman–Crippen LogP) is 2.56. The Morgan fingerprint density at radius 2 is 1.91 bits per heavy atom.